The van der Waals surface area contributed by atoms with Crippen molar-refractivity contribution < 1.29 is 4.74 Å². The van der Waals surface area contributed by atoms with Crippen LogP contribution in [0.4, 0.5) is 0 Å². The minimum Gasteiger partial charge on any atom is -0.381 e. The van der Waals surface area contributed by atoms with Crippen molar-refractivity contribution in [1.29, 1.82) is 0 Å². The van der Waals surface area contributed by atoms with Gasteiger partial charge in [0.15, 0.2) is 4.90 Å². The van der Waals surface area contributed by atoms with E-state index < -0.39 is 0 Å². The first-order chi connectivity index (χ1) is 9.49. The molecule has 1 nitrogen and oxygen atoms in total. The second kappa shape index (κ2) is 5.38. The van der Waals surface area contributed by atoms with Crippen LogP contribution in [0, 0.1) is 0 Å². The topological polar surface area (TPSA) is 9.23 Å². The Kier molecular flexibility index (Phi) is 3.89. The van der Waals surface area contributed by atoms with E-state index in [-0.39, 0.29) is 5.41 Å². The fourth-order valence-corrected chi connectivity index (χ4v) is 7.10. The molecule has 0 radical (unpaired) electrons. The van der Waals surface area contributed by atoms with E-state index in [1.165, 1.54) is 31.2 Å². The Morgan fingerprint density at radius 1 is 1.00 bits per heavy atom. The molecule has 0 N–H and O–H groups in total. The lowest BCUT2D eigenvalue weighted by Crippen LogP contribution is -2.36. The van der Waals surface area contributed by atoms with Crippen LogP contribution in [0.1, 0.15) is 52.0 Å². The van der Waals surface area contributed by atoms with Crippen LogP contribution in [0.15, 0.2) is 29.2 Å². The summed E-state index contributed by atoms with van der Waals surface area (Å²) in [5, 5.41) is 1.75. The molecule has 110 valence electrons. The summed E-state index contributed by atoms with van der Waals surface area (Å²) in [4.78, 5) is 1.60. The number of ether oxygens (including phenoxy) is 1. The molecule has 2 aliphatic rings. The highest BCUT2D eigenvalue weighted by atomic mass is 32.2. The lowest BCUT2D eigenvalue weighted by Gasteiger charge is -2.28. The van der Waals surface area contributed by atoms with Crippen molar-refractivity contribution in [3.63, 3.8) is 0 Å². The maximum absolute atomic E-state index is 5.62. The van der Waals surface area contributed by atoms with Crippen molar-refractivity contribution in [3.8, 4) is 0 Å². The largest absolute Gasteiger partial charge is 0.381 e. The Hall–Kier alpha value is -0.470. The minimum absolute atomic E-state index is 0.258. The van der Waals surface area contributed by atoms with Crippen LogP contribution >= 0.6 is 0 Å². The normalized spacial score (nSPS) is 33.4. The summed E-state index contributed by atoms with van der Waals surface area (Å²) in [5.41, 5.74) is 1.71. The predicted octanol–water partition coefficient (Wildman–Crippen LogP) is 4.30. The number of methoxy groups -OCH3 is 1. The van der Waals surface area contributed by atoms with Gasteiger partial charge in [-0.2, -0.15) is 0 Å². The van der Waals surface area contributed by atoms with Crippen molar-refractivity contribution in [2.45, 2.75) is 73.4 Å². The molecule has 2 heteroatoms. The van der Waals surface area contributed by atoms with Crippen LogP contribution in [0.5, 0.6) is 0 Å². The Balaban J connectivity index is 1.80. The zero-order chi connectivity index (χ0) is 14.3. The van der Waals surface area contributed by atoms with Gasteiger partial charge in [-0.3, -0.25) is 0 Å². The van der Waals surface area contributed by atoms with Crippen LogP contribution in [0.25, 0.3) is 0 Å². The first kappa shape index (κ1) is 14.5. The first-order valence-corrected chi connectivity index (χ1v) is 9.19. The van der Waals surface area contributed by atoms with E-state index in [0.717, 1.165) is 10.5 Å². The second-order valence-electron chi connectivity index (χ2n) is 7.30. The maximum Gasteiger partial charge on any atom is 0.155 e. The fraction of sp³-hybridized carbons (Fsp3) is 0.667. The summed E-state index contributed by atoms with van der Waals surface area (Å²) < 4.78 is 5.62. The summed E-state index contributed by atoms with van der Waals surface area (Å²) in [5.74, 6) is 0. The SMILES string of the molecule is COC1CC2CCC(C1)[S+]2c1ccc(C(C)(C)C)cc1. The maximum atomic E-state index is 5.62. The van der Waals surface area contributed by atoms with E-state index in [4.69, 9.17) is 4.74 Å². The molecule has 0 aromatic heterocycles. The smallest absolute Gasteiger partial charge is 0.155 e. The fourth-order valence-electron chi connectivity index (χ4n) is 3.71. The zero-order valence-electron chi connectivity index (χ0n) is 13.2. The molecule has 2 fully saturated rings. The van der Waals surface area contributed by atoms with Crippen molar-refractivity contribution in [1.82, 2.24) is 0 Å². The summed E-state index contributed by atoms with van der Waals surface area (Å²) in [6, 6.07) is 9.51. The molecule has 2 saturated heterocycles. The summed E-state index contributed by atoms with van der Waals surface area (Å²) in [6.07, 6.45) is 5.89. The van der Waals surface area contributed by atoms with Crippen LogP contribution in [0.2, 0.25) is 0 Å². The third-order valence-electron chi connectivity index (χ3n) is 4.91. The number of hydrogen-bond acceptors (Lipinski definition) is 1. The Bertz CT molecular complexity index is 445. The minimum atomic E-state index is 0.258. The number of rotatable bonds is 2. The van der Waals surface area contributed by atoms with Gasteiger partial charge in [0.25, 0.3) is 0 Å². The molecule has 2 atom stereocenters. The molecular weight excluding hydrogens is 264 g/mol. The Morgan fingerprint density at radius 2 is 1.55 bits per heavy atom. The Labute approximate surface area is 126 Å². The van der Waals surface area contributed by atoms with Gasteiger partial charge in [-0.25, -0.2) is 0 Å². The molecule has 2 unspecified atom stereocenters. The van der Waals surface area contributed by atoms with Gasteiger partial charge in [0.2, 0.25) is 0 Å². The Morgan fingerprint density at radius 3 is 2.00 bits per heavy atom. The molecule has 2 heterocycles. The first-order valence-electron chi connectivity index (χ1n) is 7.84. The molecule has 0 aliphatic carbocycles. The molecule has 20 heavy (non-hydrogen) atoms. The van der Waals surface area contributed by atoms with Gasteiger partial charge in [0, 0.05) is 43.7 Å². The van der Waals surface area contributed by atoms with Crippen LogP contribution in [0.3, 0.4) is 0 Å². The van der Waals surface area contributed by atoms with E-state index in [0.29, 0.717) is 17.0 Å². The molecule has 3 rings (SSSR count). The van der Waals surface area contributed by atoms with E-state index in [9.17, 15) is 0 Å². The van der Waals surface area contributed by atoms with Gasteiger partial charge in [-0.15, -0.1) is 0 Å². The van der Waals surface area contributed by atoms with Crippen molar-refractivity contribution >= 4 is 10.9 Å². The van der Waals surface area contributed by atoms with Crippen molar-refractivity contribution in [2.75, 3.05) is 7.11 Å². The molecule has 0 amide bonds. The lowest BCUT2D eigenvalue weighted by molar-refractivity contribution is 0.0883. The number of fused-ring (bicyclic) bond motifs is 2. The van der Waals surface area contributed by atoms with Crippen LogP contribution < -0.4 is 0 Å². The highest BCUT2D eigenvalue weighted by Crippen LogP contribution is 2.44. The quantitative estimate of drug-likeness (QED) is 0.738. The van der Waals surface area contributed by atoms with Gasteiger partial charge < -0.3 is 4.74 Å². The summed E-state index contributed by atoms with van der Waals surface area (Å²) in [6.45, 7) is 6.87. The monoisotopic (exact) mass is 291 g/mol. The van der Waals surface area contributed by atoms with Crippen molar-refractivity contribution in [2.24, 2.45) is 0 Å². The third-order valence-corrected chi connectivity index (χ3v) is 8.02. The standard InChI is InChI=1S/C18H27OS/c1-18(2,3)13-5-7-15(8-6-13)20-16-9-10-17(20)12-14(11-16)19-4/h5-8,14,16-17H,9-12H2,1-4H3/q+1. The molecular formula is C18H27OS+. The highest BCUT2D eigenvalue weighted by Gasteiger charge is 2.52. The molecule has 1 aromatic rings. The predicted molar refractivity (Wildman–Crippen MR) is 87.6 cm³/mol. The number of benzene rings is 1. The summed E-state index contributed by atoms with van der Waals surface area (Å²) >= 11 is 0. The highest BCUT2D eigenvalue weighted by molar-refractivity contribution is 7.98. The van der Waals surface area contributed by atoms with Crippen LogP contribution in [-0.2, 0) is 21.0 Å². The molecule has 2 bridgehead atoms. The van der Waals surface area contributed by atoms with Crippen LogP contribution in [-0.4, -0.2) is 23.7 Å². The average molecular weight is 291 g/mol. The average Bonchev–Trinajstić information content (AvgIpc) is 2.68. The van der Waals surface area contributed by atoms with E-state index in [1.54, 1.807) is 4.90 Å². The van der Waals surface area contributed by atoms with E-state index in [1.807, 2.05) is 7.11 Å². The molecule has 0 spiro atoms. The van der Waals surface area contributed by atoms with Gasteiger partial charge in [-0.05, 0) is 23.1 Å². The summed E-state index contributed by atoms with van der Waals surface area (Å²) in [7, 11) is 2.36. The van der Waals surface area contributed by atoms with Crippen molar-refractivity contribution in [3.05, 3.63) is 29.8 Å². The van der Waals surface area contributed by atoms with Gasteiger partial charge in [0.05, 0.1) is 6.10 Å². The van der Waals surface area contributed by atoms with E-state index >= 15 is 0 Å². The molecule has 1 aromatic carbocycles. The number of hydrogen-bond donors (Lipinski definition) is 0. The second-order valence-corrected chi connectivity index (χ2v) is 9.84. The van der Waals surface area contributed by atoms with Gasteiger partial charge in [0.1, 0.15) is 10.5 Å². The molecule has 0 saturated carbocycles. The van der Waals surface area contributed by atoms with E-state index in [2.05, 4.69) is 45.0 Å². The van der Waals surface area contributed by atoms with Gasteiger partial charge in [-0.1, -0.05) is 32.9 Å². The lowest BCUT2D eigenvalue weighted by atomic mass is 9.87. The zero-order valence-corrected chi connectivity index (χ0v) is 14.0. The third kappa shape index (κ3) is 2.65. The molecule has 2 aliphatic heterocycles. The van der Waals surface area contributed by atoms with Gasteiger partial charge >= 0.3 is 0 Å².